The number of methoxy groups -OCH3 is 1. The summed E-state index contributed by atoms with van der Waals surface area (Å²) in [6.45, 7) is 2.41. The molecule has 0 spiro atoms. The van der Waals surface area contributed by atoms with Crippen molar-refractivity contribution in [3.63, 3.8) is 0 Å². The van der Waals surface area contributed by atoms with Gasteiger partial charge in [0.2, 0.25) is 0 Å². The minimum Gasteiger partial charge on any atom is -0.486 e. The molecule has 4 rings (SSSR count). The summed E-state index contributed by atoms with van der Waals surface area (Å²) in [6.07, 6.45) is 0. The SMILES string of the molecule is COC(=O)C1(C)OCC(c2ccc(OCc3nc4ccccc4c(=O)n3C)cc2)CO1. The average Bonchev–Trinajstić information content (AvgIpc) is 2.81. The minimum atomic E-state index is -1.36. The molecule has 0 N–H and O–H groups in total. The van der Waals surface area contributed by atoms with Crippen molar-refractivity contribution in [1.29, 1.82) is 0 Å². The molecule has 0 saturated carbocycles. The largest absolute Gasteiger partial charge is 0.486 e. The highest BCUT2D eigenvalue weighted by molar-refractivity contribution is 5.77. The number of hydrogen-bond acceptors (Lipinski definition) is 7. The summed E-state index contributed by atoms with van der Waals surface area (Å²) in [5.41, 5.74) is 1.56. The normalized spacial score (nSPS) is 21.1. The van der Waals surface area contributed by atoms with Gasteiger partial charge in [-0.15, -0.1) is 0 Å². The van der Waals surface area contributed by atoms with Crippen LogP contribution in [0.5, 0.6) is 5.75 Å². The summed E-state index contributed by atoms with van der Waals surface area (Å²) < 4.78 is 23.3. The number of ether oxygens (including phenoxy) is 4. The third-order valence-corrected chi connectivity index (χ3v) is 5.47. The van der Waals surface area contributed by atoms with Crippen LogP contribution in [0.15, 0.2) is 53.3 Å². The molecule has 0 radical (unpaired) electrons. The molecule has 0 bridgehead atoms. The lowest BCUT2D eigenvalue weighted by atomic mass is 9.99. The maximum absolute atomic E-state index is 12.5. The van der Waals surface area contributed by atoms with Crippen molar-refractivity contribution in [2.24, 2.45) is 7.05 Å². The molecule has 162 valence electrons. The number of benzene rings is 2. The molecular weight excluding hydrogens is 400 g/mol. The van der Waals surface area contributed by atoms with Crippen molar-refractivity contribution in [1.82, 2.24) is 9.55 Å². The standard InChI is InChI=1S/C23H24N2O6/c1-23(22(27)28-3)30-12-16(13-31-23)15-8-10-17(11-9-15)29-14-20-24-19-7-5-4-6-18(19)21(26)25(20)2/h4-11,16H,12-14H2,1-3H3. The number of nitrogens with zero attached hydrogens (tertiary/aromatic N) is 2. The molecule has 3 aromatic rings. The van der Waals surface area contributed by atoms with Crippen molar-refractivity contribution in [2.45, 2.75) is 25.2 Å². The molecule has 1 aliphatic rings. The maximum atomic E-state index is 12.5. The summed E-state index contributed by atoms with van der Waals surface area (Å²) in [6, 6.07) is 14.8. The van der Waals surface area contributed by atoms with Gasteiger partial charge in [-0.25, -0.2) is 9.78 Å². The van der Waals surface area contributed by atoms with E-state index in [0.717, 1.165) is 5.56 Å². The Labute approximate surface area is 179 Å². The number of para-hydroxylation sites is 1. The molecule has 1 aliphatic heterocycles. The van der Waals surface area contributed by atoms with Gasteiger partial charge in [-0.1, -0.05) is 24.3 Å². The van der Waals surface area contributed by atoms with Crippen LogP contribution >= 0.6 is 0 Å². The summed E-state index contributed by atoms with van der Waals surface area (Å²) in [4.78, 5) is 28.8. The molecule has 8 heteroatoms. The molecular formula is C23H24N2O6. The maximum Gasteiger partial charge on any atom is 0.366 e. The first kappa shape index (κ1) is 21.0. The molecule has 1 saturated heterocycles. The molecule has 1 aromatic heterocycles. The molecule has 1 fully saturated rings. The first-order valence-electron chi connectivity index (χ1n) is 9.95. The highest BCUT2D eigenvalue weighted by atomic mass is 16.7. The smallest absolute Gasteiger partial charge is 0.366 e. The summed E-state index contributed by atoms with van der Waals surface area (Å²) in [7, 11) is 2.99. The molecule has 8 nitrogen and oxygen atoms in total. The van der Waals surface area contributed by atoms with Crippen LogP contribution in [0.4, 0.5) is 0 Å². The van der Waals surface area contributed by atoms with Gasteiger partial charge in [-0.3, -0.25) is 9.36 Å². The van der Waals surface area contributed by atoms with Crippen LogP contribution in [0, 0.1) is 0 Å². The Morgan fingerprint density at radius 2 is 1.84 bits per heavy atom. The van der Waals surface area contributed by atoms with Gasteiger partial charge >= 0.3 is 5.97 Å². The van der Waals surface area contributed by atoms with Crippen LogP contribution in [0.25, 0.3) is 10.9 Å². The van der Waals surface area contributed by atoms with Gasteiger partial charge in [0, 0.05) is 19.9 Å². The van der Waals surface area contributed by atoms with E-state index in [-0.39, 0.29) is 18.1 Å². The van der Waals surface area contributed by atoms with E-state index in [1.165, 1.54) is 11.7 Å². The van der Waals surface area contributed by atoms with Crippen molar-refractivity contribution in [3.8, 4) is 5.75 Å². The van der Waals surface area contributed by atoms with Crippen molar-refractivity contribution in [3.05, 3.63) is 70.3 Å². The number of fused-ring (bicyclic) bond motifs is 1. The molecule has 0 unspecified atom stereocenters. The number of esters is 1. The van der Waals surface area contributed by atoms with Crippen molar-refractivity contribution < 1.29 is 23.7 Å². The summed E-state index contributed by atoms with van der Waals surface area (Å²) >= 11 is 0. The second-order valence-electron chi connectivity index (χ2n) is 7.52. The second-order valence-corrected chi connectivity index (χ2v) is 7.52. The van der Waals surface area contributed by atoms with Gasteiger partial charge in [0.25, 0.3) is 11.3 Å². The zero-order valence-corrected chi connectivity index (χ0v) is 17.7. The molecule has 0 aliphatic carbocycles. The molecule has 0 atom stereocenters. The van der Waals surface area contributed by atoms with Crippen LogP contribution < -0.4 is 10.3 Å². The van der Waals surface area contributed by atoms with E-state index < -0.39 is 11.8 Å². The number of rotatable bonds is 5. The Morgan fingerprint density at radius 3 is 2.52 bits per heavy atom. The fraction of sp³-hybridized carbons (Fsp3) is 0.348. The van der Waals surface area contributed by atoms with Crippen molar-refractivity contribution >= 4 is 16.9 Å². The highest BCUT2D eigenvalue weighted by Crippen LogP contribution is 2.29. The third kappa shape index (κ3) is 4.17. The lowest BCUT2D eigenvalue weighted by molar-refractivity contribution is -0.264. The predicted molar refractivity (Wildman–Crippen MR) is 113 cm³/mol. The third-order valence-electron chi connectivity index (χ3n) is 5.47. The second kappa shape index (κ2) is 8.49. The van der Waals surface area contributed by atoms with E-state index >= 15 is 0 Å². The van der Waals surface area contributed by atoms with Crippen LogP contribution in [0.1, 0.15) is 24.2 Å². The Kier molecular flexibility index (Phi) is 5.75. The van der Waals surface area contributed by atoms with Crippen LogP contribution in [0.3, 0.4) is 0 Å². The first-order chi connectivity index (χ1) is 14.9. The highest BCUT2D eigenvalue weighted by Gasteiger charge is 2.41. The topological polar surface area (TPSA) is 88.9 Å². The van der Waals surface area contributed by atoms with E-state index in [1.807, 2.05) is 42.5 Å². The predicted octanol–water partition coefficient (Wildman–Crippen LogP) is 2.53. The van der Waals surface area contributed by atoms with E-state index in [1.54, 1.807) is 20.0 Å². The van der Waals surface area contributed by atoms with Crippen LogP contribution in [-0.4, -0.2) is 41.6 Å². The summed E-state index contributed by atoms with van der Waals surface area (Å²) in [5, 5.41) is 0.582. The minimum absolute atomic E-state index is 0.00485. The van der Waals surface area contributed by atoms with Gasteiger partial charge in [-0.05, 0) is 29.8 Å². The van der Waals surface area contributed by atoms with Crippen molar-refractivity contribution in [2.75, 3.05) is 20.3 Å². The fourth-order valence-electron chi connectivity index (χ4n) is 3.48. The average molecular weight is 424 g/mol. The van der Waals surface area contributed by atoms with Gasteiger partial charge in [0.15, 0.2) is 0 Å². The van der Waals surface area contributed by atoms with Crippen LogP contribution in [0.2, 0.25) is 0 Å². The zero-order valence-electron chi connectivity index (χ0n) is 17.7. The van der Waals surface area contributed by atoms with Crippen LogP contribution in [-0.2, 0) is 32.7 Å². The molecule has 31 heavy (non-hydrogen) atoms. The Balaban J connectivity index is 1.41. The molecule has 2 aromatic carbocycles. The fourth-order valence-corrected chi connectivity index (χ4v) is 3.48. The Bertz CT molecular complexity index is 1150. The lowest BCUT2D eigenvalue weighted by Gasteiger charge is -2.35. The van der Waals surface area contributed by atoms with Gasteiger partial charge in [0.05, 0.1) is 31.2 Å². The number of carbonyl (C=O) groups is 1. The molecule has 2 heterocycles. The van der Waals surface area contributed by atoms with Gasteiger partial charge in [0.1, 0.15) is 18.2 Å². The van der Waals surface area contributed by atoms with Gasteiger partial charge < -0.3 is 18.9 Å². The number of carbonyl (C=O) groups excluding carboxylic acids is 1. The Morgan fingerprint density at radius 1 is 1.16 bits per heavy atom. The first-order valence-corrected chi connectivity index (χ1v) is 9.95. The van der Waals surface area contributed by atoms with Gasteiger partial charge in [-0.2, -0.15) is 0 Å². The zero-order chi connectivity index (χ0) is 22.0. The Hall–Kier alpha value is -3.23. The van der Waals surface area contributed by atoms with E-state index in [2.05, 4.69) is 4.98 Å². The van der Waals surface area contributed by atoms with E-state index in [0.29, 0.717) is 35.7 Å². The van der Waals surface area contributed by atoms with E-state index in [9.17, 15) is 9.59 Å². The molecule has 0 amide bonds. The number of hydrogen-bond donors (Lipinski definition) is 0. The number of aromatic nitrogens is 2. The lowest BCUT2D eigenvalue weighted by Crippen LogP contribution is -2.47. The monoisotopic (exact) mass is 424 g/mol. The van der Waals surface area contributed by atoms with E-state index in [4.69, 9.17) is 18.9 Å². The quantitative estimate of drug-likeness (QED) is 0.582. The summed E-state index contributed by atoms with van der Waals surface area (Å²) in [5.74, 6) is -0.717.